The van der Waals surface area contributed by atoms with E-state index in [9.17, 15) is 86.5 Å². The SMILES string of the molecule is CC(=O)NC1[C@@H](O[C@@H]2C(C(=O)O)O[C@@H](O[C@@H]3C(COS(=O)(=O)O)O[C@@H](O[C@@H]4C(C(=O)O)O[C@@H](Oc5ccc(C)cc5)C(O)[C@H]4O)C(NC(C)=O)[C@H]3O)C(O)[C@H]2O)OC(COS(=O)(=O)O)[C@@H](O)[C@@H]1O. The molecular formula is C35H50N2O29S2. The Kier molecular flexibility index (Phi) is 18.2. The number of rotatable bonds is 18. The summed E-state index contributed by atoms with van der Waals surface area (Å²) >= 11 is 0. The van der Waals surface area contributed by atoms with Gasteiger partial charge in [-0.1, -0.05) is 17.7 Å². The lowest BCUT2D eigenvalue weighted by atomic mass is 9.94. The molecule has 0 radical (unpaired) electrons. The van der Waals surface area contributed by atoms with Crippen molar-refractivity contribution >= 4 is 44.6 Å². The van der Waals surface area contributed by atoms with Crippen LogP contribution in [-0.2, 0) is 81.5 Å². The van der Waals surface area contributed by atoms with Gasteiger partial charge in [-0.05, 0) is 19.1 Å². The molecule has 1 aromatic carbocycles. The number of amides is 2. The number of nitrogens with one attached hydrogen (secondary N) is 2. The van der Waals surface area contributed by atoms with E-state index in [4.69, 9.17) is 42.4 Å². The first-order valence-corrected chi connectivity index (χ1v) is 22.6. The molecule has 2 amide bonds. The predicted octanol–water partition coefficient (Wildman–Crippen LogP) is -7.23. The summed E-state index contributed by atoms with van der Waals surface area (Å²) in [5, 5.41) is 102. The van der Waals surface area contributed by atoms with Crippen molar-refractivity contribution in [1.82, 2.24) is 10.6 Å². The lowest BCUT2D eigenvalue weighted by molar-refractivity contribution is -0.369. The second kappa shape index (κ2) is 22.4. The minimum absolute atomic E-state index is 0.0828. The monoisotopic (exact) mass is 1030 g/mol. The zero-order valence-electron chi connectivity index (χ0n) is 35.4. The average Bonchev–Trinajstić information content (AvgIpc) is 3.23. The molecule has 4 saturated heterocycles. The number of aliphatic carboxylic acids is 2. The molecule has 0 spiro atoms. The summed E-state index contributed by atoms with van der Waals surface area (Å²) in [5.74, 6) is -5.60. The molecule has 31 nitrogen and oxygen atoms in total. The number of hydrogen-bond acceptors (Lipinski definition) is 25. The van der Waals surface area contributed by atoms with Gasteiger partial charge in [-0.2, -0.15) is 16.8 Å². The summed E-state index contributed by atoms with van der Waals surface area (Å²) in [5.41, 5.74) is 0.805. The zero-order valence-corrected chi connectivity index (χ0v) is 37.0. The maximum Gasteiger partial charge on any atom is 0.397 e. The molecule has 1 aromatic rings. The van der Waals surface area contributed by atoms with Crippen LogP contribution in [0.5, 0.6) is 5.75 Å². The maximum absolute atomic E-state index is 12.6. The van der Waals surface area contributed by atoms with Gasteiger partial charge in [-0.3, -0.25) is 18.7 Å². The smallest absolute Gasteiger partial charge is 0.397 e. The normalized spacial score (nSPS) is 39.1. The molecule has 0 bridgehead atoms. The first-order chi connectivity index (χ1) is 31.6. The Morgan fingerprint density at radius 1 is 0.544 bits per heavy atom. The third-order valence-electron chi connectivity index (χ3n) is 10.6. The molecule has 4 aliphatic rings. The highest BCUT2D eigenvalue weighted by molar-refractivity contribution is 7.81. The fourth-order valence-electron chi connectivity index (χ4n) is 7.41. The van der Waals surface area contributed by atoms with Crippen LogP contribution in [0.25, 0.3) is 0 Å². The third kappa shape index (κ3) is 13.7. The molecular weight excluding hydrogens is 977 g/mol. The Morgan fingerprint density at radius 3 is 1.41 bits per heavy atom. The average molecular weight is 1030 g/mol. The fraction of sp³-hybridized carbons (Fsp3) is 0.714. The van der Waals surface area contributed by atoms with Gasteiger partial charge in [0, 0.05) is 13.8 Å². The van der Waals surface area contributed by atoms with E-state index < -0.39 is 180 Å². The Labute approximate surface area is 384 Å². The second-order valence-electron chi connectivity index (χ2n) is 15.7. The summed E-state index contributed by atoms with van der Waals surface area (Å²) in [6.07, 6.45) is -39.8. The number of carbonyl (C=O) groups is 4. The van der Waals surface area contributed by atoms with Crippen LogP contribution in [0.4, 0.5) is 0 Å². The molecule has 68 heavy (non-hydrogen) atoms. The van der Waals surface area contributed by atoms with E-state index in [0.29, 0.717) is 0 Å². The van der Waals surface area contributed by atoms with Gasteiger partial charge in [0.15, 0.2) is 31.1 Å². The number of hydrogen-bond donors (Lipinski definition) is 13. The second-order valence-corrected chi connectivity index (χ2v) is 17.8. The van der Waals surface area contributed by atoms with Crippen LogP contribution in [0.2, 0.25) is 0 Å². The summed E-state index contributed by atoms with van der Waals surface area (Å²) in [7, 11) is -10.6. The third-order valence-corrected chi connectivity index (χ3v) is 11.5. The van der Waals surface area contributed by atoms with Crippen LogP contribution in [0, 0.1) is 6.92 Å². The standard InChI is InChI=1S/C35H50N2O29S2/c1-10-4-6-13(7-5-10)59-34-23(45)21(43)26(28(65-34)30(47)48)64-33-17(37-12(3)39)20(42)25(15(61-33)9-58-68(54,55)56)62-35-24(46)22(44)27(29(66-35)31(49)50)63-32-16(36-11(2)38)19(41)18(40)14(60-32)8-57-67(51,52)53/h4-7,14-29,32-35,40-46H,8-9H2,1-3H3,(H,36,38)(H,37,39)(H,47,48)(H,49,50)(H,51,52,53)(H,54,55,56)/t14?,15?,16?,17?,18-,19-,20-,21-,22-,23?,24?,25-,26+,27+,28?,29?,32-,33+,34-,35-/m1/s1. The number of carboxylic acids is 2. The quantitative estimate of drug-likeness (QED) is 0.0608. The molecule has 20 atom stereocenters. The highest BCUT2D eigenvalue weighted by Crippen LogP contribution is 2.35. The molecule has 8 unspecified atom stereocenters. The lowest BCUT2D eigenvalue weighted by Crippen LogP contribution is -2.70. The van der Waals surface area contributed by atoms with E-state index in [-0.39, 0.29) is 5.75 Å². The van der Waals surface area contributed by atoms with Crippen LogP contribution >= 0.6 is 0 Å². The fourth-order valence-corrected chi connectivity index (χ4v) is 8.02. The van der Waals surface area contributed by atoms with Crippen LogP contribution in [0.1, 0.15) is 19.4 Å². The molecule has 0 saturated carbocycles. The molecule has 4 aliphatic heterocycles. The van der Waals surface area contributed by atoms with Crippen LogP contribution in [0.3, 0.4) is 0 Å². The van der Waals surface area contributed by atoms with Crippen LogP contribution < -0.4 is 15.4 Å². The highest BCUT2D eigenvalue weighted by Gasteiger charge is 2.58. The van der Waals surface area contributed by atoms with Crippen molar-refractivity contribution < 1.29 is 137 Å². The van der Waals surface area contributed by atoms with Crippen molar-refractivity contribution in [2.24, 2.45) is 0 Å². The Bertz CT molecular complexity index is 2150. The van der Waals surface area contributed by atoms with E-state index in [1.807, 2.05) is 0 Å². The molecule has 33 heteroatoms. The molecule has 0 aliphatic carbocycles. The number of aliphatic hydroxyl groups is 7. The van der Waals surface area contributed by atoms with Crippen molar-refractivity contribution in [1.29, 1.82) is 0 Å². The summed E-state index contributed by atoms with van der Waals surface area (Å²) in [6.45, 7) is 1.02. The molecule has 13 N–H and O–H groups in total. The van der Waals surface area contributed by atoms with E-state index in [0.717, 1.165) is 19.4 Å². The Balaban J connectivity index is 1.41. The van der Waals surface area contributed by atoms with Crippen LogP contribution in [0.15, 0.2) is 24.3 Å². The number of carbonyl (C=O) groups excluding carboxylic acids is 2. The summed E-state index contributed by atoms with van der Waals surface area (Å²) in [6, 6.07) is 2.31. The molecule has 5 rings (SSSR count). The van der Waals surface area contributed by atoms with E-state index in [1.165, 1.54) is 12.1 Å². The van der Waals surface area contributed by atoms with E-state index in [1.54, 1.807) is 19.1 Å². The zero-order chi connectivity index (χ0) is 50.7. The minimum Gasteiger partial charge on any atom is -0.479 e. The maximum atomic E-state index is 12.6. The molecule has 386 valence electrons. The van der Waals surface area contributed by atoms with Crippen molar-refractivity contribution in [2.45, 2.75) is 143 Å². The number of ether oxygens (including phenoxy) is 8. The van der Waals surface area contributed by atoms with Gasteiger partial charge in [0.25, 0.3) is 0 Å². The van der Waals surface area contributed by atoms with Gasteiger partial charge in [0.2, 0.25) is 18.1 Å². The van der Waals surface area contributed by atoms with E-state index >= 15 is 0 Å². The first kappa shape index (κ1) is 55.0. The van der Waals surface area contributed by atoms with Crippen molar-refractivity contribution in [3.8, 4) is 5.75 Å². The summed E-state index contributed by atoms with van der Waals surface area (Å²) in [4.78, 5) is 49.6. The minimum atomic E-state index is -5.39. The largest absolute Gasteiger partial charge is 0.479 e. The number of aryl methyl sites for hydroxylation is 1. The predicted molar refractivity (Wildman–Crippen MR) is 209 cm³/mol. The number of aliphatic hydroxyl groups excluding tert-OH is 7. The van der Waals surface area contributed by atoms with Gasteiger partial charge >= 0.3 is 32.7 Å². The van der Waals surface area contributed by atoms with Crippen LogP contribution in [-0.4, -0.2) is 232 Å². The Morgan fingerprint density at radius 2 is 0.956 bits per heavy atom. The van der Waals surface area contributed by atoms with Gasteiger partial charge in [-0.15, -0.1) is 0 Å². The first-order valence-electron chi connectivity index (χ1n) is 19.9. The van der Waals surface area contributed by atoms with Crippen molar-refractivity contribution in [2.75, 3.05) is 13.2 Å². The number of benzene rings is 1. The van der Waals surface area contributed by atoms with Crippen molar-refractivity contribution in [3.05, 3.63) is 29.8 Å². The van der Waals surface area contributed by atoms with Gasteiger partial charge in [0.1, 0.15) is 91.1 Å². The van der Waals surface area contributed by atoms with E-state index in [2.05, 4.69) is 19.0 Å². The van der Waals surface area contributed by atoms with Gasteiger partial charge in [-0.25, -0.2) is 18.0 Å². The summed E-state index contributed by atoms with van der Waals surface area (Å²) < 4.78 is 117. The van der Waals surface area contributed by atoms with Crippen molar-refractivity contribution in [3.63, 3.8) is 0 Å². The Hall–Kier alpha value is -3.92. The molecule has 4 fully saturated rings. The lowest BCUT2D eigenvalue weighted by Gasteiger charge is -2.49. The molecule has 0 aromatic heterocycles. The van der Waals surface area contributed by atoms with Gasteiger partial charge in [0.05, 0.1) is 13.2 Å². The number of carboxylic acid groups (broad SMARTS) is 2. The van der Waals surface area contributed by atoms with Gasteiger partial charge < -0.3 is 94.5 Å². The highest BCUT2D eigenvalue weighted by atomic mass is 32.3. The topological polar surface area (TPSA) is 475 Å². The molecule has 4 heterocycles.